The molecule has 162 valence electrons. The number of amides is 2. The van der Waals surface area contributed by atoms with Crippen LogP contribution in [0.4, 0.5) is 0 Å². The Morgan fingerprint density at radius 1 is 0.781 bits per heavy atom. The maximum Gasteiger partial charge on any atom is 0.268 e. The van der Waals surface area contributed by atoms with Gasteiger partial charge < -0.3 is 4.74 Å². The fourth-order valence-corrected chi connectivity index (χ4v) is 4.64. The molecule has 0 saturated heterocycles. The molecule has 4 nitrogen and oxygen atoms in total. The number of carbonyl (C=O) groups is 2. The number of hydrogen-bond donors (Lipinski definition) is 0. The third-order valence-corrected chi connectivity index (χ3v) is 6.19. The summed E-state index contributed by atoms with van der Waals surface area (Å²) in [5.41, 5.74) is 3.21. The summed E-state index contributed by atoms with van der Waals surface area (Å²) in [7, 11) is 0. The first-order valence-electron chi connectivity index (χ1n) is 10.6. The van der Waals surface area contributed by atoms with Crippen molar-refractivity contribution in [1.29, 1.82) is 0 Å². The molecule has 0 atom stereocenters. The lowest BCUT2D eigenvalue weighted by Gasteiger charge is -2.15. The minimum Gasteiger partial charge on any atom is -0.491 e. The van der Waals surface area contributed by atoms with Gasteiger partial charge in [0.2, 0.25) is 0 Å². The lowest BCUT2D eigenvalue weighted by atomic mass is 10.1. The molecule has 5 heteroatoms. The normalized spacial score (nSPS) is 13.9. The quantitative estimate of drug-likeness (QED) is 0.420. The van der Waals surface area contributed by atoms with E-state index < -0.39 is 0 Å². The minimum absolute atomic E-state index is 0.0631. The highest BCUT2D eigenvalue weighted by atomic mass is 32.2. The van der Waals surface area contributed by atoms with Crippen LogP contribution in [0.5, 0.6) is 5.75 Å². The number of imide groups is 1. The molecule has 1 aliphatic heterocycles. The van der Waals surface area contributed by atoms with Crippen molar-refractivity contribution in [2.45, 2.75) is 32.2 Å². The highest BCUT2D eigenvalue weighted by molar-refractivity contribution is 8.03. The Hall–Kier alpha value is -3.31. The van der Waals surface area contributed by atoms with E-state index in [1.807, 2.05) is 98.8 Å². The molecule has 0 spiro atoms. The van der Waals surface area contributed by atoms with E-state index in [2.05, 4.69) is 0 Å². The highest BCUT2D eigenvalue weighted by Crippen LogP contribution is 2.38. The van der Waals surface area contributed by atoms with E-state index in [1.165, 1.54) is 16.7 Å². The summed E-state index contributed by atoms with van der Waals surface area (Å²) < 4.78 is 5.73. The zero-order chi connectivity index (χ0) is 22.5. The molecular formula is C27H25NO3S. The van der Waals surface area contributed by atoms with Gasteiger partial charge in [0, 0.05) is 5.75 Å². The zero-order valence-electron chi connectivity index (χ0n) is 18.2. The van der Waals surface area contributed by atoms with Gasteiger partial charge in [0.15, 0.2) is 0 Å². The Labute approximate surface area is 192 Å². The molecule has 32 heavy (non-hydrogen) atoms. The van der Waals surface area contributed by atoms with E-state index >= 15 is 0 Å². The van der Waals surface area contributed by atoms with Gasteiger partial charge in [-0.05, 0) is 42.7 Å². The number of thioether (sulfide) groups is 1. The van der Waals surface area contributed by atoms with Crippen molar-refractivity contribution >= 4 is 29.1 Å². The van der Waals surface area contributed by atoms with Crippen LogP contribution >= 0.6 is 11.8 Å². The van der Waals surface area contributed by atoms with E-state index in [9.17, 15) is 9.59 Å². The summed E-state index contributed by atoms with van der Waals surface area (Å²) in [6.07, 6.45) is 0.0631. The molecule has 0 bridgehead atoms. The summed E-state index contributed by atoms with van der Waals surface area (Å²) in [5, 5.41) is 0. The van der Waals surface area contributed by atoms with Crippen molar-refractivity contribution in [3.63, 3.8) is 0 Å². The van der Waals surface area contributed by atoms with Gasteiger partial charge in [-0.1, -0.05) is 72.8 Å². The molecule has 3 aromatic carbocycles. The lowest BCUT2D eigenvalue weighted by molar-refractivity contribution is -0.137. The number of nitrogens with zero attached hydrogens (tertiary/aromatic N) is 1. The molecule has 3 aromatic rings. The van der Waals surface area contributed by atoms with Crippen molar-refractivity contribution < 1.29 is 14.3 Å². The van der Waals surface area contributed by atoms with Crippen molar-refractivity contribution in [2.75, 3.05) is 0 Å². The average Bonchev–Trinajstić information content (AvgIpc) is 3.03. The van der Waals surface area contributed by atoms with Crippen LogP contribution in [0.1, 0.15) is 30.5 Å². The van der Waals surface area contributed by atoms with Crippen LogP contribution in [0.2, 0.25) is 0 Å². The molecule has 0 unspecified atom stereocenters. The van der Waals surface area contributed by atoms with Crippen molar-refractivity contribution in [1.82, 2.24) is 4.90 Å². The number of benzene rings is 3. The molecule has 0 aliphatic carbocycles. The molecule has 0 N–H and O–H groups in total. The Morgan fingerprint density at radius 3 is 1.97 bits per heavy atom. The van der Waals surface area contributed by atoms with E-state index in [1.54, 1.807) is 0 Å². The SMILES string of the molecule is CC(C)Oc1ccc(C2=C(SCc3ccccc3)C(=O)N(Cc3ccccc3)C2=O)cc1. The van der Waals surface area contributed by atoms with Gasteiger partial charge in [-0.25, -0.2) is 0 Å². The molecule has 4 rings (SSSR count). The summed E-state index contributed by atoms with van der Waals surface area (Å²) in [6.45, 7) is 4.19. The van der Waals surface area contributed by atoms with Crippen LogP contribution < -0.4 is 4.74 Å². The second-order valence-electron chi connectivity index (χ2n) is 7.85. The highest BCUT2D eigenvalue weighted by Gasteiger charge is 2.39. The topological polar surface area (TPSA) is 46.6 Å². The summed E-state index contributed by atoms with van der Waals surface area (Å²) in [5.74, 6) is 0.858. The molecule has 1 aliphatic rings. The van der Waals surface area contributed by atoms with Crippen LogP contribution in [-0.4, -0.2) is 22.8 Å². The van der Waals surface area contributed by atoms with Gasteiger partial charge in [0.1, 0.15) is 5.75 Å². The van der Waals surface area contributed by atoms with Crippen molar-refractivity contribution in [3.8, 4) is 5.75 Å². The van der Waals surface area contributed by atoms with Gasteiger partial charge >= 0.3 is 0 Å². The third-order valence-electron chi connectivity index (χ3n) is 5.05. The monoisotopic (exact) mass is 443 g/mol. The van der Waals surface area contributed by atoms with Crippen LogP contribution in [-0.2, 0) is 21.9 Å². The molecular weight excluding hydrogens is 418 g/mol. The van der Waals surface area contributed by atoms with Crippen LogP contribution in [0.25, 0.3) is 5.57 Å². The van der Waals surface area contributed by atoms with Crippen LogP contribution in [0, 0.1) is 0 Å². The number of ether oxygens (including phenoxy) is 1. The summed E-state index contributed by atoms with van der Waals surface area (Å²) in [6, 6.07) is 26.9. The lowest BCUT2D eigenvalue weighted by Crippen LogP contribution is -2.30. The molecule has 1 heterocycles. The standard InChI is InChI=1S/C27H25NO3S/c1-19(2)31-23-15-13-22(14-16-23)24-25(32-18-21-11-7-4-8-12-21)27(30)28(26(24)29)17-20-9-5-3-6-10-20/h3-16,19H,17-18H2,1-2H3. The Morgan fingerprint density at radius 2 is 1.38 bits per heavy atom. The van der Waals surface area contributed by atoms with Crippen LogP contribution in [0.3, 0.4) is 0 Å². The maximum atomic E-state index is 13.4. The molecule has 2 amide bonds. The van der Waals surface area contributed by atoms with E-state index in [0.717, 1.165) is 22.4 Å². The van der Waals surface area contributed by atoms with Gasteiger partial charge in [-0.3, -0.25) is 14.5 Å². The number of carbonyl (C=O) groups excluding carboxylic acids is 2. The molecule has 0 radical (unpaired) electrons. The van der Waals surface area contributed by atoms with Gasteiger partial charge in [-0.2, -0.15) is 0 Å². The first-order chi connectivity index (χ1) is 15.5. The Kier molecular flexibility index (Phi) is 6.76. The minimum atomic E-state index is -0.257. The van der Waals surface area contributed by atoms with E-state index in [-0.39, 0.29) is 24.5 Å². The smallest absolute Gasteiger partial charge is 0.268 e. The maximum absolute atomic E-state index is 13.4. The molecule has 0 aromatic heterocycles. The predicted octanol–water partition coefficient (Wildman–Crippen LogP) is 5.69. The third kappa shape index (κ3) is 4.94. The number of hydrogen-bond acceptors (Lipinski definition) is 4. The van der Waals surface area contributed by atoms with E-state index in [4.69, 9.17) is 4.74 Å². The van der Waals surface area contributed by atoms with Gasteiger partial charge in [0.05, 0.1) is 23.1 Å². The summed E-state index contributed by atoms with van der Waals surface area (Å²) in [4.78, 5) is 28.6. The van der Waals surface area contributed by atoms with Crippen molar-refractivity contribution in [2.24, 2.45) is 0 Å². The first kappa shape index (κ1) is 21.9. The number of rotatable bonds is 8. The van der Waals surface area contributed by atoms with E-state index in [0.29, 0.717) is 16.2 Å². The van der Waals surface area contributed by atoms with Crippen molar-refractivity contribution in [3.05, 3.63) is 107 Å². The molecule has 0 saturated carbocycles. The zero-order valence-corrected chi connectivity index (χ0v) is 19.0. The second kappa shape index (κ2) is 9.88. The Bertz CT molecular complexity index is 1120. The predicted molar refractivity (Wildman–Crippen MR) is 129 cm³/mol. The van der Waals surface area contributed by atoms with Gasteiger partial charge in [0.25, 0.3) is 11.8 Å². The second-order valence-corrected chi connectivity index (χ2v) is 8.84. The fourth-order valence-electron chi connectivity index (χ4n) is 3.55. The first-order valence-corrected chi connectivity index (χ1v) is 11.6. The average molecular weight is 444 g/mol. The molecule has 0 fully saturated rings. The fraction of sp³-hybridized carbons (Fsp3) is 0.185. The van der Waals surface area contributed by atoms with Gasteiger partial charge in [-0.15, -0.1) is 11.8 Å². The Balaban J connectivity index is 1.65. The van der Waals surface area contributed by atoms with Crippen LogP contribution in [0.15, 0.2) is 89.8 Å². The largest absolute Gasteiger partial charge is 0.491 e. The summed E-state index contributed by atoms with van der Waals surface area (Å²) >= 11 is 1.42.